The predicted molar refractivity (Wildman–Crippen MR) is 143 cm³/mol. The van der Waals surface area contributed by atoms with Crippen molar-refractivity contribution in [1.29, 1.82) is 0 Å². The summed E-state index contributed by atoms with van der Waals surface area (Å²) in [7, 11) is 1.55. The number of esters is 1. The van der Waals surface area contributed by atoms with Crippen LogP contribution in [-0.4, -0.2) is 52.3 Å². The molecular formula is C26H33BrFN3O6. The molecule has 1 aromatic heterocycles. The maximum atomic E-state index is 14.2. The van der Waals surface area contributed by atoms with Crippen LogP contribution in [0.2, 0.25) is 0 Å². The summed E-state index contributed by atoms with van der Waals surface area (Å²) in [6.07, 6.45) is 4.22. The first-order chi connectivity index (χ1) is 17.5. The summed E-state index contributed by atoms with van der Waals surface area (Å²) in [5.74, 6) is -0.527. The standard InChI is InChI=1S/C23H25BrFN3O4.C3H8O2/c1-3-31-22(29)7-5-4-6-10-32-21-13-19-16(12-20(21)30-2)23(27-14-26-19)28-18-9-8-15(24)11-17(18)25;1-3(2,4)5/h8-9,11-14H,3-7,10H2,1-2H3,(H,26,27,28);4-5H,1-2H3. The van der Waals surface area contributed by atoms with Crippen LogP contribution in [0, 0.1) is 5.82 Å². The molecule has 3 rings (SSSR count). The zero-order chi connectivity index (χ0) is 27.4. The molecule has 11 heteroatoms. The lowest BCUT2D eigenvalue weighted by atomic mass is 10.2. The lowest BCUT2D eigenvalue weighted by molar-refractivity contribution is -0.143. The van der Waals surface area contributed by atoms with E-state index in [1.807, 2.05) is 0 Å². The second-order valence-electron chi connectivity index (χ2n) is 8.45. The first-order valence-corrected chi connectivity index (χ1v) is 12.6. The van der Waals surface area contributed by atoms with Crippen LogP contribution >= 0.6 is 15.9 Å². The fourth-order valence-electron chi connectivity index (χ4n) is 3.12. The molecule has 0 atom stereocenters. The lowest BCUT2D eigenvalue weighted by Crippen LogP contribution is -2.15. The van der Waals surface area contributed by atoms with E-state index in [0.717, 1.165) is 19.3 Å². The molecule has 2 aromatic carbocycles. The Bertz CT molecular complexity index is 1170. The number of hydrogen-bond donors (Lipinski definition) is 3. The third-order valence-corrected chi connectivity index (χ3v) is 5.19. The summed E-state index contributed by atoms with van der Waals surface area (Å²) in [5.41, 5.74) is 0.938. The highest BCUT2D eigenvalue weighted by molar-refractivity contribution is 9.10. The Balaban J connectivity index is 0.000000877. The zero-order valence-corrected chi connectivity index (χ0v) is 23.0. The van der Waals surface area contributed by atoms with E-state index >= 15 is 0 Å². The fourth-order valence-corrected chi connectivity index (χ4v) is 3.45. The number of aliphatic hydroxyl groups is 2. The van der Waals surface area contributed by atoms with Crippen molar-refractivity contribution < 1.29 is 33.6 Å². The number of hydrogen-bond acceptors (Lipinski definition) is 9. The minimum absolute atomic E-state index is 0.170. The van der Waals surface area contributed by atoms with Crippen molar-refractivity contribution in [1.82, 2.24) is 9.97 Å². The second kappa shape index (κ2) is 14.7. The molecule has 0 saturated carbocycles. The van der Waals surface area contributed by atoms with E-state index in [4.69, 9.17) is 24.4 Å². The molecule has 0 unspecified atom stereocenters. The van der Waals surface area contributed by atoms with Gasteiger partial charge in [0.05, 0.1) is 31.5 Å². The van der Waals surface area contributed by atoms with E-state index in [2.05, 4.69) is 31.2 Å². The number of unbranched alkanes of at least 4 members (excludes halogenated alkanes) is 2. The van der Waals surface area contributed by atoms with Crippen LogP contribution in [0.15, 0.2) is 41.1 Å². The van der Waals surface area contributed by atoms with Gasteiger partial charge < -0.3 is 29.7 Å². The molecule has 0 bridgehead atoms. The van der Waals surface area contributed by atoms with Gasteiger partial charge in [0.15, 0.2) is 17.3 Å². The Labute approximate surface area is 224 Å². The summed E-state index contributed by atoms with van der Waals surface area (Å²) < 4.78 is 31.2. The number of carbonyl (C=O) groups excluding carboxylic acids is 1. The van der Waals surface area contributed by atoms with E-state index in [9.17, 15) is 9.18 Å². The van der Waals surface area contributed by atoms with Gasteiger partial charge in [-0.3, -0.25) is 4.79 Å². The lowest BCUT2D eigenvalue weighted by Gasteiger charge is -2.14. The molecule has 37 heavy (non-hydrogen) atoms. The van der Waals surface area contributed by atoms with Crippen LogP contribution in [0.3, 0.4) is 0 Å². The third-order valence-electron chi connectivity index (χ3n) is 4.69. The Kier molecular flexibility index (Phi) is 12.0. The second-order valence-corrected chi connectivity index (χ2v) is 9.37. The highest BCUT2D eigenvalue weighted by atomic mass is 79.9. The van der Waals surface area contributed by atoms with Crippen LogP contribution in [0.25, 0.3) is 10.9 Å². The van der Waals surface area contributed by atoms with Crippen molar-refractivity contribution in [3.8, 4) is 11.5 Å². The zero-order valence-electron chi connectivity index (χ0n) is 21.4. The highest BCUT2D eigenvalue weighted by Crippen LogP contribution is 2.35. The maximum Gasteiger partial charge on any atom is 0.305 e. The molecule has 9 nitrogen and oxygen atoms in total. The number of aromatic nitrogens is 2. The molecule has 3 N–H and O–H groups in total. The van der Waals surface area contributed by atoms with Crippen LogP contribution in [0.4, 0.5) is 15.9 Å². The monoisotopic (exact) mass is 581 g/mol. The van der Waals surface area contributed by atoms with Crippen LogP contribution in [0.1, 0.15) is 46.5 Å². The van der Waals surface area contributed by atoms with Crippen molar-refractivity contribution in [2.45, 2.75) is 52.2 Å². The van der Waals surface area contributed by atoms with Gasteiger partial charge in [0, 0.05) is 22.3 Å². The van der Waals surface area contributed by atoms with Crippen molar-refractivity contribution >= 4 is 44.3 Å². The predicted octanol–water partition coefficient (Wildman–Crippen LogP) is 5.49. The molecule has 0 amide bonds. The van der Waals surface area contributed by atoms with E-state index in [1.54, 1.807) is 38.3 Å². The number of halogens is 2. The smallest absolute Gasteiger partial charge is 0.305 e. The van der Waals surface area contributed by atoms with Gasteiger partial charge in [-0.05, 0) is 64.3 Å². The first-order valence-electron chi connectivity index (χ1n) is 11.8. The average molecular weight is 582 g/mol. The summed E-state index contributed by atoms with van der Waals surface area (Å²) in [5, 5.41) is 19.8. The summed E-state index contributed by atoms with van der Waals surface area (Å²) in [6.45, 7) is 5.28. The topological polar surface area (TPSA) is 123 Å². The van der Waals surface area contributed by atoms with Gasteiger partial charge in [0.2, 0.25) is 0 Å². The summed E-state index contributed by atoms with van der Waals surface area (Å²) in [4.78, 5) is 19.9. The molecule has 202 valence electrons. The Hall–Kier alpha value is -3.02. The van der Waals surface area contributed by atoms with Gasteiger partial charge in [-0.1, -0.05) is 15.9 Å². The molecule has 3 aromatic rings. The maximum absolute atomic E-state index is 14.2. The minimum atomic E-state index is -1.50. The van der Waals surface area contributed by atoms with Crippen molar-refractivity contribution in [3.05, 3.63) is 46.9 Å². The van der Waals surface area contributed by atoms with Crippen molar-refractivity contribution in [3.63, 3.8) is 0 Å². The summed E-state index contributed by atoms with van der Waals surface area (Å²) in [6, 6.07) is 8.30. The number of methoxy groups -OCH3 is 1. The quantitative estimate of drug-likeness (QED) is 0.153. The van der Waals surface area contributed by atoms with Gasteiger partial charge in [0.25, 0.3) is 0 Å². The van der Waals surface area contributed by atoms with Crippen LogP contribution < -0.4 is 14.8 Å². The van der Waals surface area contributed by atoms with Crippen molar-refractivity contribution in [2.75, 3.05) is 25.6 Å². The Morgan fingerprint density at radius 3 is 2.49 bits per heavy atom. The van der Waals surface area contributed by atoms with Gasteiger partial charge >= 0.3 is 5.97 Å². The van der Waals surface area contributed by atoms with Gasteiger partial charge in [-0.25, -0.2) is 14.4 Å². The number of benzene rings is 2. The Morgan fingerprint density at radius 1 is 1.11 bits per heavy atom. The van der Waals surface area contributed by atoms with Crippen LogP contribution in [0.5, 0.6) is 11.5 Å². The third kappa shape index (κ3) is 10.9. The number of rotatable bonds is 11. The molecule has 0 spiro atoms. The number of nitrogens with zero attached hydrogens (tertiary/aromatic N) is 2. The Morgan fingerprint density at radius 2 is 1.84 bits per heavy atom. The van der Waals surface area contributed by atoms with Gasteiger partial charge in [0.1, 0.15) is 18.0 Å². The SMILES string of the molecule is CC(C)(O)O.CCOC(=O)CCCCCOc1cc2ncnc(Nc3ccc(Br)cc3F)c2cc1OC. The minimum Gasteiger partial charge on any atom is -0.493 e. The van der Waals surface area contributed by atoms with E-state index in [1.165, 1.54) is 26.2 Å². The van der Waals surface area contributed by atoms with E-state index in [-0.39, 0.29) is 5.97 Å². The molecule has 0 aliphatic rings. The molecular weight excluding hydrogens is 549 g/mol. The van der Waals surface area contributed by atoms with Gasteiger partial charge in [-0.15, -0.1) is 0 Å². The number of anilines is 2. The number of carbonyl (C=O) groups is 1. The number of fused-ring (bicyclic) bond motifs is 1. The molecule has 0 aliphatic carbocycles. The normalized spacial score (nSPS) is 10.9. The molecule has 0 radical (unpaired) electrons. The average Bonchev–Trinajstić information content (AvgIpc) is 2.81. The number of nitrogens with one attached hydrogen (secondary N) is 1. The largest absolute Gasteiger partial charge is 0.493 e. The molecule has 0 fully saturated rings. The molecule has 1 heterocycles. The molecule has 0 aliphatic heterocycles. The van der Waals surface area contributed by atoms with E-state index < -0.39 is 11.6 Å². The fraction of sp³-hybridized carbons (Fsp3) is 0.423. The summed E-state index contributed by atoms with van der Waals surface area (Å²) >= 11 is 3.25. The van der Waals surface area contributed by atoms with Crippen LogP contribution in [-0.2, 0) is 9.53 Å². The van der Waals surface area contributed by atoms with E-state index in [0.29, 0.717) is 58.0 Å². The first kappa shape index (κ1) is 30.2. The number of ether oxygens (including phenoxy) is 3. The highest BCUT2D eigenvalue weighted by Gasteiger charge is 2.13. The molecule has 0 saturated heterocycles. The van der Waals surface area contributed by atoms with Gasteiger partial charge in [-0.2, -0.15) is 0 Å². The van der Waals surface area contributed by atoms with Crippen molar-refractivity contribution in [2.24, 2.45) is 0 Å².